The first-order valence-electron chi connectivity index (χ1n) is 9.31. The van der Waals surface area contributed by atoms with Gasteiger partial charge in [0.2, 0.25) is 11.9 Å². The van der Waals surface area contributed by atoms with Crippen LogP contribution in [-0.2, 0) is 27.4 Å². The van der Waals surface area contributed by atoms with E-state index in [0.717, 1.165) is 0 Å². The number of hydrogen-bond acceptors (Lipinski definition) is 7. The Morgan fingerprint density at radius 1 is 1.24 bits per heavy atom. The second-order valence-electron chi connectivity index (χ2n) is 6.69. The lowest BCUT2D eigenvalue weighted by Crippen LogP contribution is -2.42. The molecule has 2 heterocycles. The number of nitrogens with one attached hydrogen (secondary N) is 1. The van der Waals surface area contributed by atoms with E-state index in [-0.39, 0.29) is 30.4 Å². The molecule has 0 bridgehead atoms. The van der Waals surface area contributed by atoms with Crippen LogP contribution in [0.5, 0.6) is 0 Å². The van der Waals surface area contributed by atoms with Gasteiger partial charge in [0.1, 0.15) is 6.54 Å². The molecule has 2 aromatic rings. The van der Waals surface area contributed by atoms with Crippen molar-refractivity contribution in [1.82, 2.24) is 9.55 Å². The second kappa shape index (κ2) is 9.44. The Bertz CT molecular complexity index is 950. The number of rotatable bonds is 7. The molecule has 0 aliphatic carbocycles. The van der Waals surface area contributed by atoms with Crippen molar-refractivity contribution >= 4 is 23.3 Å². The fourth-order valence-electron chi connectivity index (χ4n) is 3.08. The summed E-state index contributed by atoms with van der Waals surface area (Å²) < 4.78 is 11.8. The fourth-order valence-corrected chi connectivity index (χ4v) is 3.08. The molecular weight excluding hydrogens is 376 g/mol. The first kappa shape index (κ1) is 20.7. The van der Waals surface area contributed by atoms with E-state index in [1.807, 2.05) is 4.90 Å². The van der Waals surface area contributed by atoms with Gasteiger partial charge in [-0.3, -0.25) is 19.0 Å². The highest BCUT2D eigenvalue weighted by Crippen LogP contribution is 2.14. The first-order chi connectivity index (χ1) is 14.0. The third-order valence-corrected chi connectivity index (χ3v) is 4.48. The van der Waals surface area contributed by atoms with Gasteiger partial charge in [-0.1, -0.05) is 12.1 Å². The SMILES string of the molecule is COCc1cc(=O)n(CC(=O)Nc2cccc(C(C)=O)c2)c(N2CCOCC2)n1. The molecule has 1 N–H and O–H groups in total. The largest absolute Gasteiger partial charge is 0.378 e. The third-order valence-electron chi connectivity index (χ3n) is 4.48. The van der Waals surface area contributed by atoms with Crippen LogP contribution < -0.4 is 15.8 Å². The molecule has 0 atom stereocenters. The maximum atomic E-state index is 12.7. The van der Waals surface area contributed by atoms with Crippen LogP contribution in [-0.4, -0.2) is 54.7 Å². The molecule has 9 nitrogen and oxygen atoms in total. The highest BCUT2D eigenvalue weighted by atomic mass is 16.5. The van der Waals surface area contributed by atoms with E-state index < -0.39 is 0 Å². The number of morpholine rings is 1. The Morgan fingerprint density at radius 2 is 2.00 bits per heavy atom. The average molecular weight is 400 g/mol. The number of ether oxygens (including phenoxy) is 2. The highest BCUT2D eigenvalue weighted by Gasteiger charge is 2.20. The minimum absolute atomic E-state index is 0.0927. The van der Waals surface area contributed by atoms with Crippen molar-refractivity contribution in [3.63, 3.8) is 0 Å². The van der Waals surface area contributed by atoms with Gasteiger partial charge in [-0.25, -0.2) is 4.98 Å². The molecule has 0 radical (unpaired) electrons. The van der Waals surface area contributed by atoms with Gasteiger partial charge in [-0.15, -0.1) is 0 Å². The molecule has 154 valence electrons. The van der Waals surface area contributed by atoms with Crippen LogP contribution in [0.25, 0.3) is 0 Å². The molecule has 1 aliphatic heterocycles. The minimum Gasteiger partial charge on any atom is -0.378 e. The van der Waals surface area contributed by atoms with E-state index in [9.17, 15) is 14.4 Å². The lowest BCUT2D eigenvalue weighted by atomic mass is 10.1. The number of anilines is 2. The Morgan fingerprint density at radius 3 is 2.69 bits per heavy atom. The van der Waals surface area contributed by atoms with Gasteiger partial charge in [0.15, 0.2) is 5.78 Å². The molecule has 0 unspecified atom stereocenters. The van der Waals surface area contributed by atoms with Crippen LogP contribution in [0.2, 0.25) is 0 Å². The summed E-state index contributed by atoms with van der Waals surface area (Å²) in [5, 5.41) is 2.74. The van der Waals surface area contributed by atoms with Crippen molar-refractivity contribution < 1.29 is 19.1 Å². The van der Waals surface area contributed by atoms with Crippen LogP contribution in [0.1, 0.15) is 23.0 Å². The number of carbonyl (C=O) groups excluding carboxylic acids is 2. The summed E-state index contributed by atoms with van der Waals surface area (Å²) in [6, 6.07) is 8.04. The number of methoxy groups -OCH3 is 1. The van der Waals surface area contributed by atoms with Crippen LogP contribution >= 0.6 is 0 Å². The molecule has 1 aromatic heterocycles. The Balaban J connectivity index is 1.85. The van der Waals surface area contributed by atoms with Crippen molar-refractivity contribution in [1.29, 1.82) is 0 Å². The van der Waals surface area contributed by atoms with E-state index in [1.54, 1.807) is 24.3 Å². The molecule has 1 aliphatic rings. The Kier molecular flexibility index (Phi) is 6.73. The maximum Gasteiger partial charge on any atom is 0.255 e. The predicted octanol–water partition coefficient (Wildman–Crippen LogP) is 1.07. The smallest absolute Gasteiger partial charge is 0.255 e. The van der Waals surface area contributed by atoms with E-state index >= 15 is 0 Å². The monoisotopic (exact) mass is 400 g/mol. The van der Waals surface area contributed by atoms with Crippen LogP contribution in [0, 0.1) is 0 Å². The number of aromatic nitrogens is 2. The van der Waals surface area contributed by atoms with Crippen molar-refractivity contribution in [3.05, 3.63) is 51.9 Å². The molecule has 1 amide bonds. The summed E-state index contributed by atoms with van der Waals surface area (Å²) in [7, 11) is 1.53. The Labute approximate surface area is 168 Å². The van der Waals surface area contributed by atoms with Gasteiger partial charge in [0.25, 0.3) is 5.56 Å². The average Bonchev–Trinajstić information content (AvgIpc) is 2.71. The zero-order valence-electron chi connectivity index (χ0n) is 16.5. The first-order valence-corrected chi connectivity index (χ1v) is 9.31. The summed E-state index contributed by atoms with van der Waals surface area (Å²) in [6.07, 6.45) is 0. The van der Waals surface area contributed by atoms with E-state index in [4.69, 9.17) is 9.47 Å². The molecular formula is C20H24N4O5. The van der Waals surface area contributed by atoms with E-state index in [0.29, 0.717) is 49.2 Å². The molecule has 1 fully saturated rings. The van der Waals surface area contributed by atoms with Gasteiger partial charge in [-0.05, 0) is 19.1 Å². The van der Waals surface area contributed by atoms with Crippen LogP contribution in [0.4, 0.5) is 11.6 Å². The third kappa shape index (κ3) is 5.27. The van der Waals surface area contributed by atoms with Gasteiger partial charge >= 0.3 is 0 Å². The van der Waals surface area contributed by atoms with Gasteiger partial charge in [-0.2, -0.15) is 0 Å². The number of ketones is 1. The molecule has 1 aromatic carbocycles. The van der Waals surface area contributed by atoms with E-state index in [2.05, 4.69) is 10.3 Å². The standard InChI is InChI=1S/C20H24N4O5/c1-14(25)15-4-3-5-16(10-15)21-18(26)12-24-19(27)11-17(13-28-2)22-20(24)23-6-8-29-9-7-23/h3-5,10-11H,6-9,12-13H2,1-2H3,(H,21,26). The lowest BCUT2D eigenvalue weighted by molar-refractivity contribution is -0.116. The molecule has 0 saturated carbocycles. The second-order valence-corrected chi connectivity index (χ2v) is 6.69. The normalized spacial score (nSPS) is 13.9. The zero-order chi connectivity index (χ0) is 20.8. The number of Topliss-reactive ketones (excluding diaryl/α,β-unsaturated/α-hetero) is 1. The van der Waals surface area contributed by atoms with Crippen molar-refractivity contribution in [2.45, 2.75) is 20.1 Å². The van der Waals surface area contributed by atoms with Gasteiger partial charge < -0.3 is 19.7 Å². The molecule has 3 rings (SSSR count). The number of hydrogen-bond donors (Lipinski definition) is 1. The number of carbonyl (C=O) groups is 2. The molecule has 9 heteroatoms. The Hall–Kier alpha value is -3.04. The molecule has 1 saturated heterocycles. The minimum atomic E-state index is -0.386. The van der Waals surface area contributed by atoms with Crippen molar-refractivity contribution in [3.8, 4) is 0 Å². The lowest BCUT2D eigenvalue weighted by Gasteiger charge is -2.29. The number of nitrogens with zero attached hydrogens (tertiary/aromatic N) is 3. The predicted molar refractivity (Wildman–Crippen MR) is 107 cm³/mol. The van der Waals surface area contributed by atoms with Crippen LogP contribution in [0.15, 0.2) is 35.1 Å². The topological polar surface area (TPSA) is 103 Å². The number of amides is 1. The summed E-state index contributed by atoms with van der Waals surface area (Å²) in [6.45, 7) is 3.66. The zero-order valence-corrected chi connectivity index (χ0v) is 16.5. The quantitative estimate of drug-likeness (QED) is 0.694. The maximum absolute atomic E-state index is 12.7. The van der Waals surface area contributed by atoms with Crippen LogP contribution in [0.3, 0.4) is 0 Å². The fraction of sp³-hybridized carbons (Fsp3) is 0.400. The highest BCUT2D eigenvalue weighted by molar-refractivity contribution is 5.97. The van der Waals surface area contributed by atoms with Gasteiger partial charge in [0.05, 0.1) is 25.5 Å². The molecule has 0 spiro atoms. The summed E-state index contributed by atoms with van der Waals surface area (Å²) in [5.74, 6) is -0.0612. The summed E-state index contributed by atoms with van der Waals surface area (Å²) in [4.78, 5) is 43.3. The molecule has 29 heavy (non-hydrogen) atoms. The van der Waals surface area contributed by atoms with E-state index in [1.165, 1.54) is 24.7 Å². The number of benzene rings is 1. The van der Waals surface area contributed by atoms with Gasteiger partial charge in [0, 0.05) is 37.5 Å². The summed E-state index contributed by atoms with van der Waals surface area (Å²) in [5.41, 5.74) is 1.16. The summed E-state index contributed by atoms with van der Waals surface area (Å²) >= 11 is 0. The van der Waals surface area contributed by atoms with Crippen molar-refractivity contribution in [2.24, 2.45) is 0 Å². The van der Waals surface area contributed by atoms with Crippen molar-refractivity contribution in [2.75, 3.05) is 43.6 Å².